The van der Waals surface area contributed by atoms with Gasteiger partial charge in [0.25, 0.3) is 5.91 Å². The molecular weight excluding hydrogens is 430 g/mol. The Morgan fingerprint density at radius 3 is 2.56 bits per heavy atom. The monoisotopic (exact) mass is 448 g/mol. The number of carbonyl (C=O) groups is 2. The maximum absolute atomic E-state index is 13.9. The Kier molecular flexibility index (Phi) is 7.18. The number of nitrogens with one attached hydrogen (secondary N) is 1. The van der Waals surface area contributed by atoms with E-state index in [1.165, 1.54) is 15.8 Å². The quantitative estimate of drug-likeness (QED) is 0.403. The molecule has 0 fully saturated rings. The number of hydrogen-bond acceptors (Lipinski definition) is 4. The normalized spacial score (nSPS) is 11.2. The Morgan fingerprint density at radius 2 is 1.91 bits per heavy atom. The number of carbonyl (C=O) groups excluding carboxylic acids is 2. The highest BCUT2D eigenvalue weighted by molar-refractivity contribution is 5.94. The molecule has 0 spiro atoms. The lowest BCUT2D eigenvalue weighted by Gasteiger charge is -2.12. The van der Waals surface area contributed by atoms with Gasteiger partial charge in [0.15, 0.2) is 5.82 Å². The van der Waals surface area contributed by atoms with Crippen LogP contribution in [-0.4, -0.2) is 33.9 Å². The largest absolute Gasteiger partial charge is 0.416 e. The Morgan fingerprint density at radius 1 is 1.16 bits per heavy atom. The second-order valence-corrected chi connectivity index (χ2v) is 6.67. The van der Waals surface area contributed by atoms with Crippen molar-refractivity contribution in [2.24, 2.45) is 0 Å². The van der Waals surface area contributed by atoms with Gasteiger partial charge in [-0.25, -0.2) is 9.07 Å². The smallest absolute Gasteiger partial charge is 0.350 e. The first-order chi connectivity index (χ1) is 15.3. The third kappa shape index (κ3) is 5.90. The molecule has 0 atom stereocenters. The minimum atomic E-state index is -4.70. The zero-order chi connectivity index (χ0) is 23.1. The van der Waals surface area contributed by atoms with Crippen LogP contribution in [0, 0.1) is 12.4 Å². The van der Waals surface area contributed by atoms with E-state index in [2.05, 4.69) is 15.6 Å². The third-order valence-electron chi connectivity index (χ3n) is 4.44. The summed E-state index contributed by atoms with van der Waals surface area (Å²) in [5, 5.41) is 10.2. The minimum absolute atomic E-state index is 0.0108. The van der Waals surface area contributed by atoms with Gasteiger partial charge in [-0.3, -0.25) is 14.5 Å². The maximum Gasteiger partial charge on any atom is 0.416 e. The second-order valence-electron chi connectivity index (χ2n) is 6.67. The molecule has 0 bridgehead atoms. The van der Waals surface area contributed by atoms with E-state index in [0.717, 1.165) is 11.6 Å². The number of amides is 2. The molecule has 2 aromatic carbocycles. The Hall–Kier alpha value is -3.76. The van der Waals surface area contributed by atoms with E-state index < -0.39 is 29.0 Å². The predicted octanol–water partition coefficient (Wildman–Crippen LogP) is 3.23. The SMILES string of the molecule is O=CN([CH]Cc1ccccc1)c1cn(CCNC(=O)c2ccc(C(F)(F)F)cc2F)nn1. The van der Waals surface area contributed by atoms with Gasteiger partial charge in [-0.2, -0.15) is 13.2 Å². The van der Waals surface area contributed by atoms with Crippen molar-refractivity contribution in [2.45, 2.75) is 19.1 Å². The first kappa shape index (κ1) is 22.9. The molecule has 167 valence electrons. The standard InChI is InChI=1S/C21H18F4N5O2/c22-18-12-16(21(23,24)25)6-7-17(18)20(32)26-9-11-30-13-19(27-28-30)29(14-31)10-8-15-4-2-1-3-5-15/h1-7,10,12-14H,8-9,11H2,(H,26,32). The van der Waals surface area contributed by atoms with E-state index in [0.29, 0.717) is 18.9 Å². The van der Waals surface area contributed by atoms with Crippen LogP contribution in [0.2, 0.25) is 0 Å². The average molecular weight is 448 g/mol. The van der Waals surface area contributed by atoms with E-state index in [-0.39, 0.29) is 25.0 Å². The summed E-state index contributed by atoms with van der Waals surface area (Å²) >= 11 is 0. The fourth-order valence-electron chi connectivity index (χ4n) is 2.78. The summed E-state index contributed by atoms with van der Waals surface area (Å²) in [6.07, 6.45) is -2.12. The average Bonchev–Trinajstić information content (AvgIpc) is 3.23. The zero-order valence-electron chi connectivity index (χ0n) is 16.6. The number of benzene rings is 2. The van der Waals surface area contributed by atoms with Gasteiger partial charge in [0.1, 0.15) is 5.82 Å². The van der Waals surface area contributed by atoms with Crippen molar-refractivity contribution in [1.82, 2.24) is 20.3 Å². The van der Waals surface area contributed by atoms with Gasteiger partial charge in [0.2, 0.25) is 6.41 Å². The first-order valence-corrected chi connectivity index (χ1v) is 9.44. The number of aromatic nitrogens is 3. The molecule has 3 aromatic rings. The summed E-state index contributed by atoms with van der Waals surface area (Å²) < 4.78 is 53.0. The van der Waals surface area contributed by atoms with Crippen LogP contribution in [0.5, 0.6) is 0 Å². The fourth-order valence-corrected chi connectivity index (χ4v) is 2.78. The molecular formula is C21H18F4N5O2. The van der Waals surface area contributed by atoms with E-state index in [4.69, 9.17) is 0 Å². The second kappa shape index (κ2) is 10.0. The highest BCUT2D eigenvalue weighted by Gasteiger charge is 2.31. The van der Waals surface area contributed by atoms with Crippen molar-refractivity contribution in [2.75, 3.05) is 11.4 Å². The molecule has 0 saturated heterocycles. The summed E-state index contributed by atoms with van der Waals surface area (Å²) in [6.45, 7) is 1.80. The van der Waals surface area contributed by atoms with Crippen molar-refractivity contribution >= 4 is 18.1 Å². The van der Waals surface area contributed by atoms with Crippen LogP contribution in [0.25, 0.3) is 0 Å². The minimum Gasteiger partial charge on any atom is -0.350 e. The lowest BCUT2D eigenvalue weighted by atomic mass is 10.1. The van der Waals surface area contributed by atoms with Crippen molar-refractivity contribution in [3.8, 4) is 0 Å². The van der Waals surface area contributed by atoms with Crippen molar-refractivity contribution in [1.29, 1.82) is 0 Å². The lowest BCUT2D eigenvalue weighted by Crippen LogP contribution is -2.28. The van der Waals surface area contributed by atoms with Crippen molar-refractivity contribution < 1.29 is 27.2 Å². The molecule has 11 heteroatoms. The Bertz CT molecular complexity index is 1070. The van der Waals surface area contributed by atoms with E-state index in [1.54, 1.807) is 6.54 Å². The van der Waals surface area contributed by atoms with E-state index >= 15 is 0 Å². The van der Waals surface area contributed by atoms with Crippen LogP contribution < -0.4 is 10.2 Å². The summed E-state index contributed by atoms with van der Waals surface area (Å²) in [5.41, 5.74) is -0.671. The number of rotatable bonds is 9. The summed E-state index contributed by atoms with van der Waals surface area (Å²) in [7, 11) is 0. The molecule has 0 aliphatic heterocycles. The van der Waals surface area contributed by atoms with Gasteiger partial charge in [-0.1, -0.05) is 35.5 Å². The topological polar surface area (TPSA) is 80.1 Å². The molecule has 1 N–H and O–H groups in total. The summed E-state index contributed by atoms with van der Waals surface area (Å²) in [4.78, 5) is 24.7. The summed E-state index contributed by atoms with van der Waals surface area (Å²) in [6, 6.07) is 11.2. The van der Waals surface area contributed by atoms with Gasteiger partial charge in [0.05, 0.1) is 30.4 Å². The Labute approximate surface area is 180 Å². The predicted molar refractivity (Wildman–Crippen MR) is 107 cm³/mol. The van der Waals surface area contributed by atoms with Crippen LogP contribution in [0.4, 0.5) is 23.4 Å². The summed E-state index contributed by atoms with van der Waals surface area (Å²) in [5.74, 6) is -1.85. The molecule has 1 heterocycles. The molecule has 7 nitrogen and oxygen atoms in total. The molecule has 32 heavy (non-hydrogen) atoms. The third-order valence-corrected chi connectivity index (χ3v) is 4.44. The molecule has 3 rings (SSSR count). The van der Waals surface area contributed by atoms with Crippen LogP contribution in [0.3, 0.4) is 0 Å². The van der Waals surface area contributed by atoms with Crippen LogP contribution in [0.15, 0.2) is 54.7 Å². The van der Waals surface area contributed by atoms with E-state index in [9.17, 15) is 27.2 Å². The highest BCUT2D eigenvalue weighted by Crippen LogP contribution is 2.30. The molecule has 0 aliphatic carbocycles. The number of halogens is 4. The Balaban J connectivity index is 1.52. The van der Waals surface area contributed by atoms with E-state index in [1.807, 2.05) is 30.3 Å². The zero-order valence-corrected chi connectivity index (χ0v) is 16.6. The molecule has 0 saturated carbocycles. The maximum atomic E-state index is 13.9. The van der Waals surface area contributed by atoms with Gasteiger partial charge < -0.3 is 5.32 Å². The van der Waals surface area contributed by atoms with Gasteiger partial charge in [-0.15, -0.1) is 5.10 Å². The van der Waals surface area contributed by atoms with Crippen LogP contribution in [0.1, 0.15) is 21.5 Å². The van der Waals surface area contributed by atoms with Crippen molar-refractivity contribution in [3.63, 3.8) is 0 Å². The highest BCUT2D eigenvalue weighted by atomic mass is 19.4. The first-order valence-electron chi connectivity index (χ1n) is 9.44. The molecule has 0 unspecified atom stereocenters. The van der Waals surface area contributed by atoms with Gasteiger partial charge in [-0.05, 0) is 30.2 Å². The fraction of sp³-hybridized carbons (Fsp3) is 0.190. The van der Waals surface area contributed by atoms with Crippen LogP contribution >= 0.6 is 0 Å². The molecule has 0 aliphatic rings. The molecule has 1 aromatic heterocycles. The number of alkyl halides is 3. The number of hydrogen-bond donors (Lipinski definition) is 1. The number of nitrogens with zero attached hydrogens (tertiary/aromatic N) is 4. The molecule has 2 amide bonds. The van der Waals surface area contributed by atoms with Crippen LogP contribution in [-0.2, 0) is 23.9 Å². The van der Waals surface area contributed by atoms with Gasteiger partial charge >= 0.3 is 6.18 Å². The number of anilines is 1. The lowest BCUT2D eigenvalue weighted by molar-refractivity contribution is -0.137. The molecule has 1 radical (unpaired) electrons. The van der Waals surface area contributed by atoms with Crippen molar-refractivity contribution in [3.05, 3.63) is 83.8 Å². The van der Waals surface area contributed by atoms with Gasteiger partial charge in [0, 0.05) is 6.54 Å².